The number of hydrogen-bond donors (Lipinski definition) is 1. The fraction of sp³-hybridized carbons (Fsp3) is 0.667. The second-order valence-electron chi connectivity index (χ2n) is 9.31. The highest BCUT2D eigenvalue weighted by Crippen LogP contribution is 2.25. The summed E-state index contributed by atoms with van der Waals surface area (Å²) in [5.74, 6) is 0.220. The number of benzene rings is 1. The molecule has 0 aliphatic carbocycles. The standard InChI is InChI=1S/C21H34N2O5S2/c1-16(2)22-30(27,28)19-8-6-17(7-9-19)14-20(24)23-12-10-18(11-13-23)15-29(25,26)21(3,4)5/h6-9,16,18,22H,10-15H2,1-5H3. The Morgan fingerprint density at radius 2 is 1.60 bits per heavy atom. The van der Waals surface area contributed by atoms with E-state index in [2.05, 4.69) is 4.72 Å². The van der Waals surface area contributed by atoms with Crippen LogP contribution in [0.3, 0.4) is 0 Å². The maximum Gasteiger partial charge on any atom is 0.240 e. The van der Waals surface area contributed by atoms with Gasteiger partial charge >= 0.3 is 0 Å². The minimum absolute atomic E-state index is 0.0250. The van der Waals surface area contributed by atoms with E-state index < -0.39 is 24.6 Å². The molecule has 0 atom stereocenters. The first-order valence-corrected chi connectivity index (χ1v) is 13.5. The van der Waals surface area contributed by atoms with Gasteiger partial charge in [-0.2, -0.15) is 0 Å². The van der Waals surface area contributed by atoms with Gasteiger partial charge in [0, 0.05) is 19.1 Å². The molecule has 1 fully saturated rings. The van der Waals surface area contributed by atoms with Crippen molar-refractivity contribution in [2.75, 3.05) is 18.8 Å². The molecule has 0 radical (unpaired) electrons. The van der Waals surface area contributed by atoms with Gasteiger partial charge in [0.2, 0.25) is 15.9 Å². The third-order valence-electron chi connectivity index (χ3n) is 5.34. The molecule has 7 nitrogen and oxygen atoms in total. The smallest absolute Gasteiger partial charge is 0.240 e. The topological polar surface area (TPSA) is 101 Å². The van der Waals surface area contributed by atoms with Crippen LogP contribution in [0, 0.1) is 5.92 Å². The number of hydrogen-bond acceptors (Lipinski definition) is 5. The number of amides is 1. The normalized spacial score (nSPS) is 16.8. The van der Waals surface area contributed by atoms with E-state index in [0.29, 0.717) is 25.9 Å². The minimum atomic E-state index is -3.55. The van der Waals surface area contributed by atoms with Crippen molar-refractivity contribution in [1.82, 2.24) is 9.62 Å². The van der Waals surface area contributed by atoms with Crippen LogP contribution in [0.4, 0.5) is 0 Å². The molecule has 2 rings (SSSR count). The molecule has 30 heavy (non-hydrogen) atoms. The Balaban J connectivity index is 1.91. The van der Waals surface area contributed by atoms with Crippen molar-refractivity contribution in [2.45, 2.75) is 69.6 Å². The zero-order valence-electron chi connectivity index (χ0n) is 18.5. The number of nitrogens with one attached hydrogen (secondary N) is 1. The Kier molecular flexibility index (Phi) is 7.74. The molecule has 0 aromatic heterocycles. The second kappa shape index (κ2) is 9.36. The number of rotatable bonds is 7. The Bertz CT molecular complexity index is 938. The third kappa shape index (κ3) is 6.52. The van der Waals surface area contributed by atoms with Gasteiger partial charge in [-0.1, -0.05) is 12.1 Å². The molecular formula is C21H34N2O5S2. The molecule has 1 N–H and O–H groups in total. The lowest BCUT2D eigenvalue weighted by Gasteiger charge is -2.33. The van der Waals surface area contributed by atoms with Gasteiger partial charge in [-0.25, -0.2) is 21.6 Å². The molecular weight excluding hydrogens is 424 g/mol. The average molecular weight is 459 g/mol. The van der Waals surface area contributed by atoms with Crippen LogP contribution in [0.5, 0.6) is 0 Å². The molecule has 1 heterocycles. The molecule has 1 aliphatic rings. The fourth-order valence-corrected chi connectivity index (χ4v) is 6.07. The summed E-state index contributed by atoms with van der Waals surface area (Å²) < 4.78 is 51.0. The van der Waals surface area contributed by atoms with Gasteiger partial charge in [0.15, 0.2) is 9.84 Å². The van der Waals surface area contributed by atoms with Crippen molar-refractivity contribution >= 4 is 25.8 Å². The van der Waals surface area contributed by atoms with Crippen LogP contribution in [0.15, 0.2) is 29.2 Å². The van der Waals surface area contributed by atoms with Crippen LogP contribution in [0.25, 0.3) is 0 Å². The van der Waals surface area contributed by atoms with Crippen LogP contribution in [-0.2, 0) is 31.1 Å². The van der Waals surface area contributed by atoms with Gasteiger partial charge in [0.25, 0.3) is 0 Å². The Hall–Kier alpha value is -1.45. The lowest BCUT2D eigenvalue weighted by molar-refractivity contribution is -0.131. The van der Waals surface area contributed by atoms with Crippen molar-refractivity contribution in [3.8, 4) is 0 Å². The van der Waals surface area contributed by atoms with Crippen LogP contribution >= 0.6 is 0 Å². The molecule has 1 amide bonds. The van der Waals surface area contributed by atoms with E-state index in [1.54, 1.807) is 51.7 Å². The second-order valence-corrected chi connectivity index (χ2v) is 13.8. The van der Waals surface area contributed by atoms with E-state index in [-0.39, 0.29) is 34.9 Å². The summed E-state index contributed by atoms with van der Waals surface area (Å²) in [7, 11) is -6.72. The summed E-state index contributed by atoms with van der Waals surface area (Å²) in [4.78, 5) is 14.6. The molecule has 1 aromatic rings. The van der Waals surface area contributed by atoms with E-state index in [0.717, 1.165) is 5.56 Å². The van der Waals surface area contributed by atoms with Gasteiger partial charge in [0.05, 0.1) is 21.8 Å². The maximum absolute atomic E-state index is 12.6. The molecule has 0 saturated carbocycles. The zero-order valence-corrected chi connectivity index (χ0v) is 20.1. The minimum Gasteiger partial charge on any atom is -0.342 e. The number of piperidine rings is 1. The molecule has 0 unspecified atom stereocenters. The van der Waals surface area contributed by atoms with Crippen molar-refractivity contribution in [2.24, 2.45) is 5.92 Å². The van der Waals surface area contributed by atoms with E-state index in [1.807, 2.05) is 0 Å². The summed E-state index contributed by atoms with van der Waals surface area (Å²) in [5.41, 5.74) is 0.751. The Morgan fingerprint density at radius 1 is 1.07 bits per heavy atom. The highest BCUT2D eigenvalue weighted by molar-refractivity contribution is 7.92. The van der Waals surface area contributed by atoms with Crippen LogP contribution in [-0.4, -0.2) is 57.3 Å². The molecule has 1 aromatic carbocycles. The van der Waals surface area contributed by atoms with Crippen LogP contribution in [0.2, 0.25) is 0 Å². The summed E-state index contributed by atoms with van der Waals surface area (Å²) >= 11 is 0. The number of carbonyl (C=O) groups is 1. The fourth-order valence-electron chi connectivity index (χ4n) is 3.36. The SMILES string of the molecule is CC(C)NS(=O)(=O)c1ccc(CC(=O)N2CCC(CS(=O)(=O)C(C)(C)C)CC2)cc1. The molecule has 1 aliphatic heterocycles. The summed E-state index contributed by atoms with van der Waals surface area (Å²) in [6.07, 6.45) is 1.56. The highest BCUT2D eigenvalue weighted by atomic mass is 32.2. The number of carbonyl (C=O) groups excluding carboxylic acids is 1. The summed E-state index contributed by atoms with van der Waals surface area (Å²) in [6.45, 7) is 9.77. The van der Waals surface area contributed by atoms with Gasteiger partial charge in [-0.05, 0) is 71.1 Å². The van der Waals surface area contributed by atoms with Crippen molar-refractivity contribution in [1.29, 1.82) is 0 Å². The van der Waals surface area contributed by atoms with Gasteiger partial charge < -0.3 is 4.90 Å². The Morgan fingerprint density at radius 3 is 2.07 bits per heavy atom. The van der Waals surface area contributed by atoms with Crippen molar-refractivity contribution < 1.29 is 21.6 Å². The number of nitrogens with zero attached hydrogens (tertiary/aromatic N) is 1. The predicted octanol–water partition coefficient (Wildman–Crippen LogP) is 2.37. The van der Waals surface area contributed by atoms with E-state index in [9.17, 15) is 21.6 Å². The van der Waals surface area contributed by atoms with Gasteiger partial charge in [0.1, 0.15) is 0 Å². The zero-order chi connectivity index (χ0) is 22.7. The first kappa shape index (κ1) is 24.8. The predicted molar refractivity (Wildman–Crippen MR) is 118 cm³/mol. The lowest BCUT2D eigenvalue weighted by Crippen LogP contribution is -2.42. The molecule has 9 heteroatoms. The van der Waals surface area contributed by atoms with E-state index in [4.69, 9.17) is 0 Å². The molecule has 0 bridgehead atoms. The lowest BCUT2D eigenvalue weighted by atomic mass is 9.98. The summed E-state index contributed by atoms with van der Waals surface area (Å²) in [5, 5.41) is 0. The van der Waals surface area contributed by atoms with E-state index >= 15 is 0 Å². The largest absolute Gasteiger partial charge is 0.342 e. The monoisotopic (exact) mass is 458 g/mol. The number of sulfonamides is 1. The number of sulfone groups is 1. The average Bonchev–Trinajstić information content (AvgIpc) is 2.60. The van der Waals surface area contributed by atoms with Crippen LogP contribution < -0.4 is 4.72 Å². The molecule has 170 valence electrons. The van der Waals surface area contributed by atoms with E-state index in [1.165, 1.54) is 12.1 Å². The van der Waals surface area contributed by atoms with Crippen molar-refractivity contribution in [3.63, 3.8) is 0 Å². The molecule has 0 spiro atoms. The molecule has 1 saturated heterocycles. The maximum atomic E-state index is 12.6. The van der Waals surface area contributed by atoms with Gasteiger partial charge in [-0.3, -0.25) is 4.79 Å². The highest BCUT2D eigenvalue weighted by Gasteiger charge is 2.33. The van der Waals surface area contributed by atoms with Crippen LogP contribution in [0.1, 0.15) is 53.0 Å². The van der Waals surface area contributed by atoms with Crippen molar-refractivity contribution in [3.05, 3.63) is 29.8 Å². The summed E-state index contributed by atoms with van der Waals surface area (Å²) in [6, 6.07) is 6.15. The first-order valence-electron chi connectivity index (χ1n) is 10.3. The number of likely N-dealkylation sites (tertiary alicyclic amines) is 1. The van der Waals surface area contributed by atoms with Gasteiger partial charge in [-0.15, -0.1) is 0 Å². The Labute approximate surface area is 181 Å². The third-order valence-corrected chi connectivity index (χ3v) is 9.79. The first-order chi connectivity index (χ1) is 13.7. The quantitative estimate of drug-likeness (QED) is 0.676.